The first-order valence-corrected chi connectivity index (χ1v) is 14.2. The number of fused-ring (bicyclic) bond motifs is 1. The molecular weight excluding hydrogens is 528 g/mol. The second-order valence-electron chi connectivity index (χ2n) is 10.9. The minimum absolute atomic E-state index is 0.260. The van der Waals surface area contributed by atoms with E-state index in [1.807, 2.05) is 54.0 Å². The molecular formula is C32H30N8O2. The van der Waals surface area contributed by atoms with Gasteiger partial charge in [0.2, 0.25) is 0 Å². The molecule has 0 bridgehead atoms. The number of H-pyrrole nitrogens is 1. The average molecular weight is 559 g/mol. The number of hydrogen-bond acceptors (Lipinski definition) is 6. The number of aromatic nitrogens is 8. The van der Waals surface area contributed by atoms with Gasteiger partial charge in [-0.1, -0.05) is 78.9 Å². The molecule has 1 fully saturated rings. The van der Waals surface area contributed by atoms with Crippen LogP contribution in [0.3, 0.4) is 0 Å². The summed E-state index contributed by atoms with van der Waals surface area (Å²) in [4.78, 5) is 32.2. The normalized spacial score (nSPS) is 13.2. The molecule has 0 aliphatic heterocycles. The van der Waals surface area contributed by atoms with Crippen molar-refractivity contribution in [3.05, 3.63) is 117 Å². The number of rotatable bonds is 9. The van der Waals surface area contributed by atoms with Crippen molar-refractivity contribution < 1.29 is 0 Å². The van der Waals surface area contributed by atoms with Crippen LogP contribution in [0.2, 0.25) is 0 Å². The van der Waals surface area contributed by atoms with Gasteiger partial charge in [0.05, 0.1) is 0 Å². The Labute approximate surface area is 241 Å². The fourth-order valence-electron chi connectivity index (χ4n) is 5.59. The number of imidazole rings is 1. The lowest BCUT2D eigenvalue weighted by molar-refractivity contribution is 0.534. The summed E-state index contributed by atoms with van der Waals surface area (Å²) in [6.07, 6.45) is 2.78. The summed E-state index contributed by atoms with van der Waals surface area (Å²) in [7, 11) is 0. The van der Waals surface area contributed by atoms with Gasteiger partial charge in [-0.25, -0.2) is 14.9 Å². The second-order valence-corrected chi connectivity index (χ2v) is 10.9. The van der Waals surface area contributed by atoms with Gasteiger partial charge in [-0.3, -0.25) is 13.9 Å². The van der Waals surface area contributed by atoms with Crippen molar-refractivity contribution in [3.63, 3.8) is 0 Å². The van der Waals surface area contributed by atoms with E-state index in [0.29, 0.717) is 54.8 Å². The zero-order valence-corrected chi connectivity index (χ0v) is 23.3. The van der Waals surface area contributed by atoms with Crippen molar-refractivity contribution in [1.82, 2.24) is 39.3 Å². The minimum Gasteiger partial charge on any atom is -0.318 e. The van der Waals surface area contributed by atoms with Crippen molar-refractivity contribution >= 4 is 11.2 Å². The standard InChI is InChI=1S/C32H30N8O2/c1-21-33-30-28(31(41)40(20-23-11-12-23)32(42)38(30)18-17-22-7-3-2-4-8-22)39(21)19-24-13-15-25(16-14-24)26-9-5-6-10-27(26)29-34-36-37-35-29/h2-10,13-16,23H,11-12,17-20H2,1H3,(H,34,35,36,37). The Morgan fingerprint density at radius 1 is 0.833 bits per heavy atom. The molecule has 1 N–H and O–H groups in total. The highest BCUT2D eigenvalue weighted by atomic mass is 16.2. The van der Waals surface area contributed by atoms with E-state index in [0.717, 1.165) is 40.7 Å². The monoisotopic (exact) mass is 558 g/mol. The Morgan fingerprint density at radius 2 is 1.57 bits per heavy atom. The van der Waals surface area contributed by atoms with Gasteiger partial charge in [0, 0.05) is 25.2 Å². The molecule has 6 aromatic rings. The summed E-state index contributed by atoms with van der Waals surface area (Å²) in [6, 6.07) is 26.3. The lowest BCUT2D eigenvalue weighted by Gasteiger charge is -2.13. The third kappa shape index (κ3) is 4.85. The van der Waals surface area contributed by atoms with Gasteiger partial charge in [-0.15, -0.1) is 5.10 Å². The fraction of sp³-hybridized carbons (Fsp3) is 0.250. The molecule has 7 rings (SSSR count). The molecule has 10 heteroatoms. The van der Waals surface area contributed by atoms with Crippen molar-refractivity contribution in [1.29, 1.82) is 0 Å². The van der Waals surface area contributed by atoms with Gasteiger partial charge in [0.15, 0.2) is 17.0 Å². The summed E-state index contributed by atoms with van der Waals surface area (Å²) in [5.41, 5.74) is 5.51. The number of nitrogens with one attached hydrogen (secondary N) is 1. The second kappa shape index (κ2) is 10.7. The van der Waals surface area contributed by atoms with E-state index >= 15 is 0 Å². The lowest BCUT2D eigenvalue weighted by Crippen LogP contribution is -2.41. The first kappa shape index (κ1) is 25.8. The number of nitrogens with zero attached hydrogens (tertiary/aromatic N) is 7. The van der Waals surface area contributed by atoms with Gasteiger partial charge in [0.25, 0.3) is 5.56 Å². The highest BCUT2D eigenvalue weighted by molar-refractivity contribution is 5.80. The largest absolute Gasteiger partial charge is 0.332 e. The lowest BCUT2D eigenvalue weighted by atomic mass is 9.98. The molecule has 0 saturated heterocycles. The maximum atomic E-state index is 13.8. The van der Waals surface area contributed by atoms with E-state index in [4.69, 9.17) is 4.98 Å². The predicted octanol–water partition coefficient (Wildman–Crippen LogP) is 4.22. The van der Waals surface area contributed by atoms with Crippen LogP contribution >= 0.6 is 0 Å². The maximum absolute atomic E-state index is 13.8. The van der Waals surface area contributed by atoms with E-state index in [9.17, 15) is 9.59 Å². The molecule has 1 saturated carbocycles. The minimum atomic E-state index is -0.273. The molecule has 1 aliphatic rings. The third-order valence-corrected chi connectivity index (χ3v) is 8.04. The van der Waals surface area contributed by atoms with Gasteiger partial charge in [-0.2, -0.15) is 0 Å². The molecule has 0 amide bonds. The van der Waals surface area contributed by atoms with Crippen molar-refractivity contribution in [3.8, 4) is 22.5 Å². The molecule has 0 unspecified atom stereocenters. The van der Waals surface area contributed by atoms with Gasteiger partial charge >= 0.3 is 5.69 Å². The number of aromatic amines is 1. The smallest absolute Gasteiger partial charge is 0.318 e. The zero-order chi connectivity index (χ0) is 28.6. The third-order valence-electron chi connectivity index (χ3n) is 8.04. The summed E-state index contributed by atoms with van der Waals surface area (Å²) in [5.74, 6) is 1.69. The molecule has 42 heavy (non-hydrogen) atoms. The van der Waals surface area contributed by atoms with E-state index in [1.165, 1.54) is 4.57 Å². The van der Waals surface area contributed by atoms with E-state index in [1.54, 1.807) is 4.57 Å². The summed E-state index contributed by atoms with van der Waals surface area (Å²) in [5, 5.41) is 14.3. The average Bonchev–Trinajstić information content (AvgIpc) is 3.56. The number of tetrazole rings is 1. The van der Waals surface area contributed by atoms with Crippen LogP contribution in [-0.4, -0.2) is 39.3 Å². The molecule has 0 radical (unpaired) electrons. The van der Waals surface area contributed by atoms with Gasteiger partial charge in [0.1, 0.15) is 5.82 Å². The Balaban J connectivity index is 1.26. The van der Waals surface area contributed by atoms with Crippen molar-refractivity contribution in [2.24, 2.45) is 5.92 Å². The summed E-state index contributed by atoms with van der Waals surface area (Å²) in [6.45, 7) is 3.27. The Morgan fingerprint density at radius 3 is 2.29 bits per heavy atom. The molecule has 3 heterocycles. The zero-order valence-electron chi connectivity index (χ0n) is 23.3. The number of aryl methyl sites for hydroxylation is 3. The molecule has 3 aromatic carbocycles. The Kier molecular flexibility index (Phi) is 6.58. The molecule has 10 nitrogen and oxygen atoms in total. The number of benzene rings is 3. The fourth-order valence-corrected chi connectivity index (χ4v) is 5.59. The maximum Gasteiger partial charge on any atom is 0.332 e. The highest BCUT2D eigenvalue weighted by Crippen LogP contribution is 2.31. The molecule has 3 aromatic heterocycles. The van der Waals surface area contributed by atoms with E-state index < -0.39 is 0 Å². The quantitative estimate of drug-likeness (QED) is 0.284. The van der Waals surface area contributed by atoms with Crippen LogP contribution in [0.15, 0.2) is 88.5 Å². The molecule has 210 valence electrons. The highest BCUT2D eigenvalue weighted by Gasteiger charge is 2.26. The van der Waals surface area contributed by atoms with Crippen LogP contribution < -0.4 is 11.2 Å². The Bertz CT molecular complexity index is 1980. The van der Waals surface area contributed by atoms with Crippen molar-refractivity contribution in [2.75, 3.05) is 0 Å². The van der Waals surface area contributed by atoms with Crippen LogP contribution in [0.25, 0.3) is 33.7 Å². The molecule has 0 spiro atoms. The molecule has 1 aliphatic carbocycles. The van der Waals surface area contributed by atoms with Crippen LogP contribution in [0, 0.1) is 12.8 Å². The predicted molar refractivity (Wildman–Crippen MR) is 160 cm³/mol. The van der Waals surface area contributed by atoms with Crippen molar-refractivity contribution in [2.45, 2.75) is 45.8 Å². The van der Waals surface area contributed by atoms with Gasteiger partial charge in [-0.05, 0) is 64.8 Å². The van der Waals surface area contributed by atoms with E-state index in [2.05, 4.69) is 57.0 Å². The van der Waals surface area contributed by atoms with Crippen LogP contribution in [-0.2, 0) is 26.1 Å². The van der Waals surface area contributed by atoms with Crippen LogP contribution in [0.5, 0.6) is 0 Å². The topological polar surface area (TPSA) is 116 Å². The van der Waals surface area contributed by atoms with Crippen LogP contribution in [0.1, 0.15) is 29.8 Å². The van der Waals surface area contributed by atoms with E-state index in [-0.39, 0.29) is 11.2 Å². The first-order chi connectivity index (χ1) is 20.6. The first-order valence-electron chi connectivity index (χ1n) is 14.2. The Hall–Kier alpha value is -5.12. The van der Waals surface area contributed by atoms with Gasteiger partial charge < -0.3 is 4.57 Å². The van der Waals surface area contributed by atoms with Crippen LogP contribution in [0.4, 0.5) is 0 Å². The SMILES string of the molecule is Cc1nc2c(c(=O)n(CC3CC3)c(=O)n2CCc2ccccc2)n1Cc1ccc(-c2ccccc2-c2nnn[nH]2)cc1. The summed E-state index contributed by atoms with van der Waals surface area (Å²) < 4.78 is 5.07. The number of hydrogen-bond donors (Lipinski definition) is 1. The summed E-state index contributed by atoms with van der Waals surface area (Å²) >= 11 is 0. The molecule has 0 atom stereocenters.